The molecule has 2 aromatic rings. The summed E-state index contributed by atoms with van der Waals surface area (Å²) in [6.45, 7) is 2.74. The number of ether oxygens (including phenoxy) is 1. The molecule has 20 heavy (non-hydrogen) atoms. The fourth-order valence-corrected chi connectivity index (χ4v) is 2.84. The summed E-state index contributed by atoms with van der Waals surface area (Å²) in [6.07, 6.45) is 2.09. The smallest absolute Gasteiger partial charge is 0.230 e. The van der Waals surface area contributed by atoms with Crippen LogP contribution in [0.25, 0.3) is 0 Å². The van der Waals surface area contributed by atoms with Crippen LogP contribution in [0.5, 0.6) is 5.75 Å². The minimum absolute atomic E-state index is 0.0670. The molecule has 0 aliphatic carbocycles. The van der Waals surface area contributed by atoms with E-state index in [-0.39, 0.29) is 5.91 Å². The summed E-state index contributed by atoms with van der Waals surface area (Å²) in [5.41, 5.74) is 2.17. The van der Waals surface area contributed by atoms with Gasteiger partial charge in [0.05, 0.1) is 13.0 Å². The highest BCUT2D eigenvalue weighted by atomic mass is 32.1. The van der Waals surface area contributed by atoms with Crippen LogP contribution in [-0.4, -0.2) is 22.7 Å². The minimum atomic E-state index is -0.0670. The molecular weight excluding hydrogens is 274 g/mol. The van der Waals surface area contributed by atoms with Gasteiger partial charge in [0.15, 0.2) is 0 Å². The Bertz CT molecular complexity index is 639. The standard InChI is InChI=1S/C14H15N3O2S/c1-2-13-16-17-14(20-13)15-12(18)8-9-3-4-11-10(7-9)5-6-19-11/h3-4,7H,2,5-6,8H2,1H3,(H,15,17,18). The number of benzene rings is 1. The number of anilines is 1. The Kier molecular flexibility index (Phi) is 3.64. The van der Waals surface area contributed by atoms with Crippen molar-refractivity contribution in [3.63, 3.8) is 0 Å². The van der Waals surface area contributed by atoms with Gasteiger partial charge in [0.2, 0.25) is 11.0 Å². The van der Waals surface area contributed by atoms with Gasteiger partial charge in [-0.25, -0.2) is 0 Å². The minimum Gasteiger partial charge on any atom is -0.493 e. The third-order valence-corrected chi connectivity index (χ3v) is 4.12. The monoisotopic (exact) mass is 289 g/mol. The maximum atomic E-state index is 12.0. The van der Waals surface area contributed by atoms with Crippen molar-refractivity contribution in [1.82, 2.24) is 10.2 Å². The first-order chi connectivity index (χ1) is 9.74. The van der Waals surface area contributed by atoms with Gasteiger partial charge in [-0.2, -0.15) is 0 Å². The summed E-state index contributed by atoms with van der Waals surface area (Å²) in [7, 11) is 0. The van der Waals surface area contributed by atoms with Gasteiger partial charge in [0.1, 0.15) is 10.8 Å². The van der Waals surface area contributed by atoms with Crippen LogP contribution in [0.2, 0.25) is 0 Å². The molecule has 2 heterocycles. The zero-order valence-electron chi connectivity index (χ0n) is 11.2. The van der Waals surface area contributed by atoms with Crippen molar-refractivity contribution in [2.24, 2.45) is 0 Å². The van der Waals surface area contributed by atoms with Crippen molar-refractivity contribution in [2.45, 2.75) is 26.2 Å². The van der Waals surface area contributed by atoms with E-state index in [1.165, 1.54) is 16.9 Å². The molecule has 0 spiro atoms. The molecule has 1 aromatic carbocycles. The number of aryl methyl sites for hydroxylation is 1. The summed E-state index contributed by atoms with van der Waals surface area (Å²) in [5.74, 6) is 0.869. The van der Waals surface area contributed by atoms with E-state index in [9.17, 15) is 4.79 Å². The summed E-state index contributed by atoms with van der Waals surface area (Å²) in [4.78, 5) is 12.0. The van der Waals surface area contributed by atoms with E-state index in [0.717, 1.165) is 35.8 Å². The number of amides is 1. The molecule has 0 saturated heterocycles. The van der Waals surface area contributed by atoms with Crippen molar-refractivity contribution >= 4 is 22.4 Å². The number of hydrogen-bond acceptors (Lipinski definition) is 5. The van der Waals surface area contributed by atoms with Crippen LogP contribution < -0.4 is 10.1 Å². The Hall–Kier alpha value is -1.95. The number of nitrogens with zero attached hydrogens (tertiary/aromatic N) is 2. The molecule has 5 nitrogen and oxygen atoms in total. The fourth-order valence-electron chi connectivity index (χ4n) is 2.15. The molecule has 0 radical (unpaired) electrons. The Balaban J connectivity index is 1.64. The van der Waals surface area contributed by atoms with E-state index in [2.05, 4.69) is 15.5 Å². The number of fused-ring (bicyclic) bond motifs is 1. The van der Waals surface area contributed by atoms with Gasteiger partial charge in [0.25, 0.3) is 0 Å². The van der Waals surface area contributed by atoms with Gasteiger partial charge in [-0.3, -0.25) is 4.79 Å². The second-order valence-electron chi connectivity index (χ2n) is 4.62. The number of carbonyl (C=O) groups is 1. The Morgan fingerprint density at radius 1 is 1.45 bits per heavy atom. The topological polar surface area (TPSA) is 64.1 Å². The van der Waals surface area contributed by atoms with Gasteiger partial charge in [-0.1, -0.05) is 30.4 Å². The summed E-state index contributed by atoms with van der Waals surface area (Å²) in [5, 5.41) is 12.2. The van der Waals surface area contributed by atoms with E-state index < -0.39 is 0 Å². The summed E-state index contributed by atoms with van der Waals surface area (Å²) in [6, 6.07) is 5.91. The van der Waals surface area contributed by atoms with Crippen LogP contribution >= 0.6 is 11.3 Å². The molecule has 1 aliphatic heterocycles. The lowest BCUT2D eigenvalue weighted by Gasteiger charge is -2.04. The highest BCUT2D eigenvalue weighted by Gasteiger charge is 2.14. The van der Waals surface area contributed by atoms with Gasteiger partial charge < -0.3 is 10.1 Å². The maximum absolute atomic E-state index is 12.0. The van der Waals surface area contributed by atoms with Crippen molar-refractivity contribution in [1.29, 1.82) is 0 Å². The van der Waals surface area contributed by atoms with Crippen molar-refractivity contribution in [2.75, 3.05) is 11.9 Å². The number of hydrogen-bond donors (Lipinski definition) is 1. The van der Waals surface area contributed by atoms with E-state index in [0.29, 0.717) is 11.6 Å². The number of rotatable bonds is 4. The third kappa shape index (κ3) is 2.80. The predicted molar refractivity (Wildman–Crippen MR) is 77.3 cm³/mol. The predicted octanol–water partition coefficient (Wildman–Crippen LogP) is 2.22. The zero-order chi connectivity index (χ0) is 13.9. The highest BCUT2D eigenvalue weighted by molar-refractivity contribution is 7.15. The number of carbonyl (C=O) groups excluding carboxylic acids is 1. The van der Waals surface area contributed by atoms with Gasteiger partial charge in [-0.15, -0.1) is 10.2 Å². The second kappa shape index (κ2) is 5.58. The molecule has 104 valence electrons. The van der Waals surface area contributed by atoms with Crippen LogP contribution in [0, 0.1) is 0 Å². The Morgan fingerprint density at radius 3 is 3.15 bits per heavy atom. The molecule has 0 fully saturated rings. The van der Waals surface area contributed by atoms with Crippen LogP contribution in [0.1, 0.15) is 23.1 Å². The van der Waals surface area contributed by atoms with Crippen molar-refractivity contribution in [3.8, 4) is 5.75 Å². The molecule has 3 rings (SSSR count). The molecular formula is C14H15N3O2S. The molecule has 0 bridgehead atoms. The van der Waals surface area contributed by atoms with E-state index in [4.69, 9.17) is 4.74 Å². The molecule has 1 aromatic heterocycles. The van der Waals surface area contributed by atoms with E-state index in [1.807, 2.05) is 25.1 Å². The van der Waals surface area contributed by atoms with Gasteiger partial charge >= 0.3 is 0 Å². The second-order valence-corrected chi connectivity index (χ2v) is 5.68. The van der Waals surface area contributed by atoms with Crippen LogP contribution in [0.3, 0.4) is 0 Å². The number of aromatic nitrogens is 2. The van der Waals surface area contributed by atoms with Crippen molar-refractivity contribution in [3.05, 3.63) is 34.3 Å². The fraction of sp³-hybridized carbons (Fsp3) is 0.357. The zero-order valence-corrected chi connectivity index (χ0v) is 12.0. The molecule has 0 saturated carbocycles. The first kappa shape index (κ1) is 13.1. The Morgan fingerprint density at radius 2 is 2.35 bits per heavy atom. The normalized spacial score (nSPS) is 12.8. The van der Waals surface area contributed by atoms with Crippen LogP contribution in [0.15, 0.2) is 18.2 Å². The lowest BCUT2D eigenvalue weighted by atomic mass is 10.1. The lowest BCUT2D eigenvalue weighted by Crippen LogP contribution is -2.14. The molecule has 0 unspecified atom stereocenters. The average Bonchev–Trinajstić information content (AvgIpc) is 3.06. The molecule has 1 N–H and O–H groups in total. The van der Waals surface area contributed by atoms with Crippen LogP contribution in [0.4, 0.5) is 5.13 Å². The third-order valence-electron chi connectivity index (χ3n) is 3.13. The number of nitrogens with one attached hydrogen (secondary N) is 1. The van der Waals surface area contributed by atoms with E-state index >= 15 is 0 Å². The largest absolute Gasteiger partial charge is 0.493 e. The Labute approximate surface area is 121 Å². The SMILES string of the molecule is CCc1nnc(NC(=O)Cc2ccc3c(c2)CCO3)s1. The first-order valence-corrected chi connectivity index (χ1v) is 7.43. The quantitative estimate of drug-likeness (QED) is 0.937. The van der Waals surface area contributed by atoms with E-state index in [1.54, 1.807) is 0 Å². The van der Waals surface area contributed by atoms with Gasteiger partial charge in [0, 0.05) is 6.42 Å². The molecule has 0 atom stereocenters. The highest BCUT2D eigenvalue weighted by Crippen LogP contribution is 2.26. The van der Waals surface area contributed by atoms with Crippen LogP contribution in [-0.2, 0) is 24.1 Å². The molecule has 1 amide bonds. The van der Waals surface area contributed by atoms with Gasteiger partial charge in [-0.05, 0) is 23.6 Å². The summed E-state index contributed by atoms with van der Waals surface area (Å²) >= 11 is 1.42. The summed E-state index contributed by atoms with van der Waals surface area (Å²) < 4.78 is 5.45. The molecule has 6 heteroatoms. The average molecular weight is 289 g/mol. The lowest BCUT2D eigenvalue weighted by molar-refractivity contribution is -0.115. The maximum Gasteiger partial charge on any atom is 0.230 e. The first-order valence-electron chi connectivity index (χ1n) is 6.61. The van der Waals surface area contributed by atoms with Crippen molar-refractivity contribution < 1.29 is 9.53 Å². The molecule has 1 aliphatic rings.